The molecule has 7 heteroatoms. The van der Waals surface area contributed by atoms with E-state index in [-0.39, 0.29) is 31.0 Å². The molecular formula is C13H19N3O4. The number of hydrogen-bond acceptors (Lipinski definition) is 4. The lowest BCUT2D eigenvalue weighted by molar-refractivity contribution is -0.123. The highest BCUT2D eigenvalue weighted by Crippen LogP contribution is 2.23. The van der Waals surface area contributed by atoms with Gasteiger partial charge in [-0.3, -0.25) is 19.1 Å². The van der Waals surface area contributed by atoms with Crippen LogP contribution in [0.25, 0.3) is 0 Å². The zero-order valence-electron chi connectivity index (χ0n) is 11.2. The standard InChI is InChI=1S/C13H19N3O4/c17-8-9-3-1-2-4-10(9)14-12(19)7-16-6-5-11(18)15-13(16)20/h5-6,9-10,17H,1-4,7-8H2,(H,14,19)(H,15,18,20). The molecule has 2 unspecified atom stereocenters. The third-order valence-electron chi connectivity index (χ3n) is 3.70. The maximum absolute atomic E-state index is 11.9. The van der Waals surface area contributed by atoms with E-state index in [2.05, 4.69) is 10.3 Å². The van der Waals surface area contributed by atoms with Crippen LogP contribution in [-0.4, -0.2) is 33.2 Å². The van der Waals surface area contributed by atoms with Crippen LogP contribution < -0.4 is 16.6 Å². The van der Waals surface area contributed by atoms with Crippen molar-refractivity contribution >= 4 is 5.91 Å². The van der Waals surface area contributed by atoms with E-state index in [0.29, 0.717) is 0 Å². The average Bonchev–Trinajstić information content (AvgIpc) is 2.42. The summed E-state index contributed by atoms with van der Waals surface area (Å²) in [6, 6.07) is 1.16. The zero-order valence-corrected chi connectivity index (χ0v) is 11.2. The summed E-state index contributed by atoms with van der Waals surface area (Å²) in [7, 11) is 0. The maximum Gasteiger partial charge on any atom is 0.328 e. The van der Waals surface area contributed by atoms with E-state index in [1.165, 1.54) is 12.3 Å². The summed E-state index contributed by atoms with van der Waals surface area (Å²) in [6.45, 7) is -0.0756. The molecule has 110 valence electrons. The van der Waals surface area contributed by atoms with Gasteiger partial charge in [0.05, 0.1) is 0 Å². The van der Waals surface area contributed by atoms with Crippen molar-refractivity contribution in [3.63, 3.8) is 0 Å². The molecule has 0 saturated heterocycles. The fraction of sp³-hybridized carbons (Fsp3) is 0.615. The topological polar surface area (TPSA) is 104 Å². The molecule has 20 heavy (non-hydrogen) atoms. The number of amides is 1. The van der Waals surface area contributed by atoms with Crippen LogP contribution in [0.1, 0.15) is 25.7 Å². The number of H-pyrrole nitrogens is 1. The second kappa shape index (κ2) is 6.51. The van der Waals surface area contributed by atoms with Gasteiger partial charge in [-0.1, -0.05) is 12.8 Å². The first kappa shape index (κ1) is 14.5. The second-order valence-electron chi connectivity index (χ2n) is 5.14. The molecule has 1 amide bonds. The minimum absolute atomic E-state index is 0.0419. The number of carbonyl (C=O) groups is 1. The number of nitrogens with one attached hydrogen (secondary N) is 2. The highest BCUT2D eigenvalue weighted by molar-refractivity contribution is 5.76. The summed E-state index contributed by atoms with van der Waals surface area (Å²) in [5.74, 6) is -0.204. The third kappa shape index (κ3) is 3.57. The molecular weight excluding hydrogens is 262 g/mol. The number of aromatic amines is 1. The van der Waals surface area contributed by atoms with Crippen molar-refractivity contribution in [2.75, 3.05) is 6.61 Å². The van der Waals surface area contributed by atoms with E-state index in [9.17, 15) is 19.5 Å². The monoisotopic (exact) mass is 281 g/mol. The minimum Gasteiger partial charge on any atom is -0.396 e. The molecule has 7 nitrogen and oxygen atoms in total. The largest absolute Gasteiger partial charge is 0.396 e. The molecule has 1 aliphatic rings. The van der Waals surface area contributed by atoms with Gasteiger partial charge in [-0.2, -0.15) is 0 Å². The van der Waals surface area contributed by atoms with Gasteiger partial charge in [0.2, 0.25) is 5.91 Å². The highest BCUT2D eigenvalue weighted by Gasteiger charge is 2.25. The van der Waals surface area contributed by atoms with E-state index in [1.54, 1.807) is 0 Å². The van der Waals surface area contributed by atoms with Crippen LogP contribution in [0.5, 0.6) is 0 Å². The van der Waals surface area contributed by atoms with Gasteiger partial charge in [-0.05, 0) is 12.8 Å². The van der Waals surface area contributed by atoms with Crippen LogP contribution >= 0.6 is 0 Å². The Morgan fingerprint density at radius 2 is 2.15 bits per heavy atom. The average molecular weight is 281 g/mol. The molecule has 2 rings (SSSR count). The molecule has 1 heterocycles. The quantitative estimate of drug-likeness (QED) is 0.672. The van der Waals surface area contributed by atoms with Crippen molar-refractivity contribution in [3.05, 3.63) is 33.1 Å². The molecule has 0 bridgehead atoms. The molecule has 0 aliphatic heterocycles. The Bertz CT molecular complexity index is 577. The molecule has 1 aromatic rings. The highest BCUT2D eigenvalue weighted by atomic mass is 16.3. The summed E-state index contributed by atoms with van der Waals surface area (Å²) in [6.07, 6.45) is 5.14. The molecule has 1 saturated carbocycles. The van der Waals surface area contributed by atoms with Crippen LogP contribution in [0.2, 0.25) is 0 Å². The Kier molecular flexibility index (Phi) is 4.73. The van der Waals surface area contributed by atoms with E-state index in [1.807, 2.05) is 0 Å². The molecule has 1 aliphatic carbocycles. The van der Waals surface area contributed by atoms with E-state index in [4.69, 9.17) is 0 Å². The predicted octanol–water partition coefficient (Wildman–Crippen LogP) is -0.796. The van der Waals surface area contributed by atoms with Crippen LogP contribution in [0.4, 0.5) is 0 Å². The number of nitrogens with zero attached hydrogens (tertiary/aromatic N) is 1. The first-order chi connectivity index (χ1) is 9.60. The van der Waals surface area contributed by atoms with Gasteiger partial charge in [-0.25, -0.2) is 4.79 Å². The number of aliphatic hydroxyl groups is 1. The normalized spacial score (nSPS) is 22.4. The number of aromatic nitrogens is 2. The smallest absolute Gasteiger partial charge is 0.328 e. The molecule has 3 N–H and O–H groups in total. The fourth-order valence-electron chi connectivity index (χ4n) is 2.59. The first-order valence-corrected chi connectivity index (χ1v) is 6.80. The summed E-state index contributed by atoms with van der Waals surface area (Å²) in [5, 5.41) is 12.2. The van der Waals surface area contributed by atoms with Gasteiger partial charge in [-0.15, -0.1) is 0 Å². The second-order valence-corrected chi connectivity index (χ2v) is 5.14. The summed E-state index contributed by atoms with van der Waals surface area (Å²) < 4.78 is 1.15. The van der Waals surface area contributed by atoms with Crippen LogP contribution in [0.15, 0.2) is 21.9 Å². The lowest BCUT2D eigenvalue weighted by atomic mass is 9.85. The lowest BCUT2D eigenvalue weighted by Gasteiger charge is -2.30. The fourth-order valence-corrected chi connectivity index (χ4v) is 2.59. The Labute approximate surface area is 115 Å². The summed E-state index contributed by atoms with van der Waals surface area (Å²) >= 11 is 0. The van der Waals surface area contributed by atoms with Crippen molar-refractivity contribution in [1.82, 2.24) is 14.9 Å². The van der Waals surface area contributed by atoms with Crippen LogP contribution in [-0.2, 0) is 11.3 Å². The SMILES string of the molecule is O=C(Cn1ccc(=O)[nH]c1=O)NC1CCCCC1CO. The Morgan fingerprint density at radius 1 is 1.40 bits per heavy atom. The van der Waals surface area contributed by atoms with E-state index < -0.39 is 11.2 Å². The van der Waals surface area contributed by atoms with Gasteiger partial charge in [0.15, 0.2) is 0 Å². The summed E-state index contributed by atoms with van der Waals surface area (Å²) in [5.41, 5.74) is -1.09. The van der Waals surface area contributed by atoms with Gasteiger partial charge in [0.1, 0.15) is 6.54 Å². The van der Waals surface area contributed by atoms with E-state index >= 15 is 0 Å². The zero-order chi connectivity index (χ0) is 14.5. The molecule has 0 aromatic carbocycles. The van der Waals surface area contributed by atoms with Crippen molar-refractivity contribution in [2.45, 2.75) is 38.3 Å². The number of aliphatic hydroxyl groups excluding tert-OH is 1. The van der Waals surface area contributed by atoms with Crippen molar-refractivity contribution in [3.8, 4) is 0 Å². The lowest BCUT2D eigenvalue weighted by Crippen LogP contribution is -2.45. The van der Waals surface area contributed by atoms with Crippen molar-refractivity contribution in [2.24, 2.45) is 5.92 Å². The maximum atomic E-state index is 11.9. The number of hydrogen-bond donors (Lipinski definition) is 3. The van der Waals surface area contributed by atoms with Crippen LogP contribution in [0.3, 0.4) is 0 Å². The van der Waals surface area contributed by atoms with Crippen molar-refractivity contribution in [1.29, 1.82) is 0 Å². The number of rotatable bonds is 4. The molecule has 0 spiro atoms. The predicted molar refractivity (Wildman–Crippen MR) is 72.3 cm³/mol. The van der Waals surface area contributed by atoms with Gasteiger partial charge in [0.25, 0.3) is 5.56 Å². The Morgan fingerprint density at radius 3 is 2.85 bits per heavy atom. The molecule has 1 fully saturated rings. The van der Waals surface area contributed by atoms with Gasteiger partial charge < -0.3 is 10.4 Å². The molecule has 0 radical (unpaired) electrons. The molecule has 2 atom stereocenters. The Hall–Kier alpha value is -1.89. The minimum atomic E-state index is -0.602. The van der Waals surface area contributed by atoms with Gasteiger partial charge in [0, 0.05) is 30.8 Å². The van der Waals surface area contributed by atoms with Crippen molar-refractivity contribution < 1.29 is 9.90 Å². The summed E-state index contributed by atoms with van der Waals surface area (Å²) in [4.78, 5) is 36.4. The van der Waals surface area contributed by atoms with Crippen LogP contribution in [0, 0.1) is 5.92 Å². The first-order valence-electron chi connectivity index (χ1n) is 6.80. The van der Waals surface area contributed by atoms with E-state index in [0.717, 1.165) is 30.3 Å². The number of carbonyl (C=O) groups excluding carboxylic acids is 1. The molecule has 1 aromatic heterocycles. The third-order valence-corrected chi connectivity index (χ3v) is 3.70. The van der Waals surface area contributed by atoms with Gasteiger partial charge >= 0.3 is 5.69 Å². The Balaban J connectivity index is 1.98.